The summed E-state index contributed by atoms with van der Waals surface area (Å²) in [4.78, 5) is 12.9. The average molecular weight is 297 g/mol. The fourth-order valence-electron chi connectivity index (χ4n) is 1.91. The minimum atomic E-state index is -0.726. The molecule has 0 saturated heterocycles. The smallest absolute Gasteiger partial charge is 0.159 e. The van der Waals surface area contributed by atoms with Gasteiger partial charge in [0.15, 0.2) is 5.78 Å². The van der Waals surface area contributed by atoms with Crippen LogP contribution in [0, 0.1) is 0 Å². The number of benzene rings is 1. The van der Waals surface area contributed by atoms with Gasteiger partial charge in [0.25, 0.3) is 0 Å². The number of ketones is 1. The summed E-state index contributed by atoms with van der Waals surface area (Å²) in [6, 6.07) is 6.72. The second-order valence-corrected chi connectivity index (χ2v) is 4.79. The van der Waals surface area contributed by atoms with Crippen molar-refractivity contribution in [3.05, 3.63) is 29.8 Å². The van der Waals surface area contributed by atoms with E-state index in [0.717, 1.165) is 0 Å². The second-order valence-electron chi connectivity index (χ2n) is 4.79. The van der Waals surface area contributed by atoms with Gasteiger partial charge in [0.05, 0.1) is 13.2 Å². The first kappa shape index (κ1) is 17.6. The minimum Gasteiger partial charge on any atom is -0.491 e. The van der Waals surface area contributed by atoms with Crippen molar-refractivity contribution in [2.75, 3.05) is 39.5 Å². The third kappa shape index (κ3) is 6.68. The van der Waals surface area contributed by atoms with E-state index in [1.54, 1.807) is 29.2 Å². The van der Waals surface area contributed by atoms with Crippen LogP contribution in [0.2, 0.25) is 0 Å². The molecular formula is C15H23NO5. The minimum absolute atomic E-state index is 0.00904. The molecule has 6 heteroatoms. The lowest BCUT2D eigenvalue weighted by atomic mass is 10.1. The summed E-state index contributed by atoms with van der Waals surface area (Å²) >= 11 is 0. The van der Waals surface area contributed by atoms with E-state index in [-0.39, 0.29) is 25.6 Å². The maximum Gasteiger partial charge on any atom is 0.159 e. The van der Waals surface area contributed by atoms with Crippen molar-refractivity contribution in [3.63, 3.8) is 0 Å². The van der Waals surface area contributed by atoms with Crippen molar-refractivity contribution in [2.45, 2.75) is 13.0 Å². The molecule has 0 bridgehead atoms. The Labute approximate surface area is 124 Å². The number of carbonyl (C=O) groups is 1. The van der Waals surface area contributed by atoms with E-state index in [4.69, 9.17) is 14.9 Å². The molecule has 0 amide bonds. The summed E-state index contributed by atoms with van der Waals surface area (Å²) < 4.78 is 5.45. The average Bonchev–Trinajstić information content (AvgIpc) is 2.46. The molecule has 0 saturated carbocycles. The maximum atomic E-state index is 11.1. The standard InChI is InChI=1S/C15H23NO5/c1-12(19)13-2-4-15(5-3-13)21-11-14(20)10-16(6-8-17)7-9-18/h2-5,14,17-18,20H,6-11H2,1H3/t14-/m0/s1. The van der Waals surface area contributed by atoms with Crippen molar-refractivity contribution in [1.82, 2.24) is 4.90 Å². The highest BCUT2D eigenvalue weighted by Gasteiger charge is 2.12. The summed E-state index contributed by atoms with van der Waals surface area (Å²) in [6.07, 6.45) is -0.726. The normalized spacial score (nSPS) is 12.4. The fourth-order valence-corrected chi connectivity index (χ4v) is 1.91. The Kier molecular flexibility index (Phi) is 7.92. The van der Waals surface area contributed by atoms with Crippen LogP contribution < -0.4 is 4.74 Å². The molecule has 0 aromatic heterocycles. The Morgan fingerprint density at radius 1 is 1.19 bits per heavy atom. The molecule has 3 N–H and O–H groups in total. The Hall–Kier alpha value is -1.47. The van der Waals surface area contributed by atoms with Gasteiger partial charge in [-0.2, -0.15) is 0 Å². The van der Waals surface area contributed by atoms with Crippen LogP contribution in [0.25, 0.3) is 0 Å². The predicted molar refractivity (Wildman–Crippen MR) is 78.6 cm³/mol. The third-order valence-electron chi connectivity index (χ3n) is 3.00. The quantitative estimate of drug-likeness (QED) is 0.523. The van der Waals surface area contributed by atoms with E-state index in [9.17, 15) is 9.90 Å². The van der Waals surface area contributed by atoms with Crippen LogP contribution >= 0.6 is 0 Å². The molecule has 0 aliphatic carbocycles. The van der Waals surface area contributed by atoms with Crippen LogP contribution in [-0.2, 0) is 0 Å². The summed E-state index contributed by atoms with van der Waals surface area (Å²) in [5.41, 5.74) is 0.611. The molecule has 0 aliphatic heterocycles. The molecule has 1 rings (SSSR count). The SMILES string of the molecule is CC(=O)c1ccc(OC[C@@H](O)CN(CCO)CCO)cc1. The van der Waals surface area contributed by atoms with Gasteiger partial charge in [-0.05, 0) is 31.2 Å². The predicted octanol–water partition coefficient (Wildman–Crippen LogP) is -0.0845. The highest BCUT2D eigenvalue weighted by molar-refractivity contribution is 5.94. The summed E-state index contributed by atoms with van der Waals surface area (Å²) in [5, 5.41) is 27.7. The van der Waals surface area contributed by atoms with Crippen molar-refractivity contribution >= 4 is 5.78 Å². The number of aliphatic hydroxyl groups is 3. The maximum absolute atomic E-state index is 11.1. The number of nitrogens with zero attached hydrogens (tertiary/aromatic N) is 1. The van der Waals surface area contributed by atoms with Crippen LogP contribution in [-0.4, -0.2) is 71.6 Å². The van der Waals surface area contributed by atoms with E-state index in [1.807, 2.05) is 0 Å². The first-order valence-electron chi connectivity index (χ1n) is 6.92. The van der Waals surface area contributed by atoms with Crippen molar-refractivity contribution in [3.8, 4) is 5.75 Å². The van der Waals surface area contributed by atoms with Gasteiger partial charge < -0.3 is 20.1 Å². The molecule has 0 radical (unpaired) electrons. The molecule has 6 nitrogen and oxygen atoms in total. The Balaban J connectivity index is 2.40. The molecular weight excluding hydrogens is 274 g/mol. The summed E-state index contributed by atoms with van der Waals surface area (Å²) in [7, 11) is 0. The zero-order valence-electron chi connectivity index (χ0n) is 12.2. The van der Waals surface area contributed by atoms with Gasteiger partial charge in [-0.15, -0.1) is 0 Å². The third-order valence-corrected chi connectivity index (χ3v) is 3.00. The molecule has 0 heterocycles. The summed E-state index contributed by atoms with van der Waals surface area (Å²) in [5.74, 6) is 0.570. The van der Waals surface area contributed by atoms with Gasteiger partial charge in [0.2, 0.25) is 0 Å². The first-order chi connectivity index (χ1) is 10.1. The van der Waals surface area contributed by atoms with Gasteiger partial charge in [-0.3, -0.25) is 9.69 Å². The molecule has 0 fully saturated rings. The van der Waals surface area contributed by atoms with Crippen molar-refractivity contribution < 1.29 is 24.9 Å². The number of carbonyl (C=O) groups excluding carboxylic acids is 1. The largest absolute Gasteiger partial charge is 0.491 e. The number of aliphatic hydroxyl groups excluding tert-OH is 3. The lowest BCUT2D eigenvalue weighted by molar-refractivity contribution is 0.0552. The number of hydrogen-bond acceptors (Lipinski definition) is 6. The second kappa shape index (κ2) is 9.46. The highest BCUT2D eigenvalue weighted by atomic mass is 16.5. The molecule has 1 aromatic rings. The molecule has 0 aliphatic rings. The number of ether oxygens (including phenoxy) is 1. The Morgan fingerprint density at radius 2 is 1.76 bits per heavy atom. The van der Waals surface area contributed by atoms with E-state index >= 15 is 0 Å². The van der Waals surface area contributed by atoms with Crippen LogP contribution in [0.4, 0.5) is 0 Å². The molecule has 1 atom stereocenters. The van der Waals surface area contributed by atoms with E-state index in [2.05, 4.69) is 0 Å². The lowest BCUT2D eigenvalue weighted by Crippen LogP contribution is -2.38. The van der Waals surface area contributed by atoms with Gasteiger partial charge in [-0.25, -0.2) is 0 Å². The van der Waals surface area contributed by atoms with Gasteiger partial charge in [0, 0.05) is 25.2 Å². The highest BCUT2D eigenvalue weighted by Crippen LogP contribution is 2.13. The Bertz CT molecular complexity index is 415. The zero-order chi connectivity index (χ0) is 15.7. The monoisotopic (exact) mass is 297 g/mol. The van der Waals surface area contributed by atoms with Crippen LogP contribution in [0.3, 0.4) is 0 Å². The summed E-state index contributed by atoms with van der Waals surface area (Å²) in [6.45, 7) is 2.64. The number of rotatable bonds is 10. The van der Waals surface area contributed by atoms with Gasteiger partial charge >= 0.3 is 0 Å². The van der Waals surface area contributed by atoms with E-state index < -0.39 is 6.10 Å². The zero-order valence-corrected chi connectivity index (χ0v) is 12.2. The molecule has 0 unspecified atom stereocenters. The first-order valence-corrected chi connectivity index (χ1v) is 6.92. The van der Waals surface area contributed by atoms with Crippen molar-refractivity contribution in [1.29, 1.82) is 0 Å². The Morgan fingerprint density at radius 3 is 2.24 bits per heavy atom. The van der Waals surface area contributed by atoms with Crippen molar-refractivity contribution in [2.24, 2.45) is 0 Å². The molecule has 0 spiro atoms. The van der Waals surface area contributed by atoms with E-state index in [0.29, 0.717) is 30.9 Å². The van der Waals surface area contributed by atoms with E-state index in [1.165, 1.54) is 6.92 Å². The van der Waals surface area contributed by atoms with Gasteiger partial charge in [-0.1, -0.05) is 0 Å². The fraction of sp³-hybridized carbons (Fsp3) is 0.533. The van der Waals surface area contributed by atoms with Crippen LogP contribution in [0.1, 0.15) is 17.3 Å². The number of Topliss-reactive ketones (excluding diaryl/α,β-unsaturated/α-hetero) is 1. The topological polar surface area (TPSA) is 90.2 Å². The van der Waals surface area contributed by atoms with Gasteiger partial charge in [0.1, 0.15) is 18.5 Å². The van der Waals surface area contributed by atoms with Crippen LogP contribution in [0.15, 0.2) is 24.3 Å². The van der Waals surface area contributed by atoms with Crippen LogP contribution in [0.5, 0.6) is 5.75 Å². The number of hydrogen-bond donors (Lipinski definition) is 3. The molecule has 118 valence electrons. The molecule has 1 aromatic carbocycles. The molecule has 21 heavy (non-hydrogen) atoms. The lowest BCUT2D eigenvalue weighted by Gasteiger charge is -2.23.